The minimum absolute atomic E-state index is 0.518. The smallest absolute Gasteiger partial charge is 0.323 e. The number of carbonyl (C=O) groups is 1. The molecular weight excluding hydrogens is 286 g/mol. The lowest BCUT2D eigenvalue weighted by molar-refractivity contribution is -0.148. The molecular formula is C11H16BrN3O2. The first-order valence-corrected chi connectivity index (χ1v) is 6.42. The average molecular weight is 302 g/mol. The van der Waals surface area contributed by atoms with E-state index in [1.165, 1.54) is 0 Å². The van der Waals surface area contributed by atoms with Gasteiger partial charge in [0.1, 0.15) is 5.54 Å². The van der Waals surface area contributed by atoms with Crippen LogP contribution in [0.15, 0.2) is 4.47 Å². The summed E-state index contributed by atoms with van der Waals surface area (Å²) in [5, 5.41) is 16.6. The van der Waals surface area contributed by atoms with Gasteiger partial charge in [0.2, 0.25) is 0 Å². The zero-order valence-electron chi connectivity index (χ0n) is 9.96. The number of aromatic nitrogens is 2. The van der Waals surface area contributed by atoms with E-state index in [4.69, 9.17) is 0 Å². The monoisotopic (exact) mass is 301 g/mol. The normalized spacial score (nSPS) is 17.8. The van der Waals surface area contributed by atoms with E-state index >= 15 is 0 Å². The van der Waals surface area contributed by atoms with Gasteiger partial charge in [0.15, 0.2) is 0 Å². The molecule has 5 nitrogen and oxygen atoms in total. The van der Waals surface area contributed by atoms with Gasteiger partial charge in [-0.3, -0.25) is 14.8 Å². The molecule has 1 aliphatic rings. The predicted molar refractivity (Wildman–Crippen MR) is 66.7 cm³/mol. The number of hydrogen-bond donors (Lipinski definition) is 2. The van der Waals surface area contributed by atoms with Crippen molar-refractivity contribution in [3.05, 3.63) is 15.9 Å². The summed E-state index contributed by atoms with van der Waals surface area (Å²) >= 11 is 3.47. The van der Waals surface area contributed by atoms with Gasteiger partial charge in [0.05, 0.1) is 15.9 Å². The van der Waals surface area contributed by atoms with Crippen LogP contribution in [-0.4, -0.2) is 26.4 Å². The molecule has 1 aromatic rings. The van der Waals surface area contributed by atoms with Crippen LogP contribution < -0.4 is 5.32 Å². The van der Waals surface area contributed by atoms with E-state index in [-0.39, 0.29) is 0 Å². The van der Waals surface area contributed by atoms with Crippen molar-refractivity contribution >= 4 is 21.9 Å². The molecule has 1 aliphatic carbocycles. The highest BCUT2D eigenvalue weighted by Gasteiger charge is 2.44. The number of halogens is 1. The number of nitrogens with zero attached hydrogens (tertiary/aromatic N) is 2. The summed E-state index contributed by atoms with van der Waals surface area (Å²) in [6.45, 7) is 2.44. The first-order valence-electron chi connectivity index (χ1n) is 5.63. The van der Waals surface area contributed by atoms with Crippen molar-refractivity contribution in [1.29, 1.82) is 0 Å². The van der Waals surface area contributed by atoms with E-state index in [1.807, 2.05) is 14.0 Å². The van der Waals surface area contributed by atoms with E-state index in [0.717, 1.165) is 22.3 Å². The fourth-order valence-electron chi connectivity index (χ4n) is 2.12. The highest BCUT2D eigenvalue weighted by molar-refractivity contribution is 9.10. The third-order valence-electron chi connectivity index (χ3n) is 3.47. The minimum Gasteiger partial charge on any atom is -0.480 e. The van der Waals surface area contributed by atoms with Gasteiger partial charge in [-0.15, -0.1) is 0 Å². The molecule has 2 rings (SSSR count). The van der Waals surface area contributed by atoms with Crippen LogP contribution in [0, 0.1) is 6.92 Å². The molecule has 0 bridgehead atoms. The molecule has 1 aromatic heterocycles. The third kappa shape index (κ3) is 2.11. The van der Waals surface area contributed by atoms with Crippen molar-refractivity contribution < 1.29 is 9.90 Å². The van der Waals surface area contributed by atoms with Crippen LogP contribution in [0.4, 0.5) is 0 Å². The van der Waals surface area contributed by atoms with Crippen molar-refractivity contribution in [2.24, 2.45) is 7.05 Å². The van der Waals surface area contributed by atoms with Crippen LogP contribution in [0.1, 0.15) is 30.7 Å². The second kappa shape index (κ2) is 4.42. The lowest BCUT2D eigenvalue weighted by Gasteiger charge is -2.38. The number of aryl methyl sites for hydroxylation is 2. The Kier molecular flexibility index (Phi) is 3.27. The average Bonchev–Trinajstić information content (AvgIpc) is 2.41. The molecule has 6 heteroatoms. The van der Waals surface area contributed by atoms with Gasteiger partial charge in [0.25, 0.3) is 0 Å². The molecule has 1 fully saturated rings. The number of rotatable bonds is 4. The second-order valence-electron chi connectivity index (χ2n) is 4.56. The molecule has 1 saturated carbocycles. The van der Waals surface area contributed by atoms with Gasteiger partial charge in [-0.05, 0) is 42.1 Å². The van der Waals surface area contributed by atoms with Crippen LogP contribution in [-0.2, 0) is 18.4 Å². The van der Waals surface area contributed by atoms with E-state index in [2.05, 4.69) is 26.3 Å². The van der Waals surface area contributed by atoms with Gasteiger partial charge in [-0.2, -0.15) is 5.10 Å². The fourth-order valence-corrected chi connectivity index (χ4v) is 2.60. The van der Waals surface area contributed by atoms with Gasteiger partial charge >= 0.3 is 5.97 Å². The SMILES string of the molecule is Cc1nn(C)c(CNC2(C(=O)O)CCC2)c1Br. The molecule has 0 amide bonds. The van der Waals surface area contributed by atoms with E-state index in [9.17, 15) is 9.90 Å². The Balaban J connectivity index is 2.09. The molecule has 2 N–H and O–H groups in total. The molecule has 0 radical (unpaired) electrons. The van der Waals surface area contributed by atoms with Crippen LogP contribution >= 0.6 is 15.9 Å². The minimum atomic E-state index is -0.751. The van der Waals surface area contributed by atoms with E-state index < -0.39 is 11.5 Å². The summed E-state index contributed by atoms with van der Waals surface area (Å²) in [6.07, 6.45) is 2.39. The van der Waals surface area contributed by atoms with Crippen LogP contribution in [0.2, 0.25) is 0 Å². The summed E-state index contributed by atoms with van der Waals surface area (Å²) in [5.74, 6) is -0.751. The molecule has 0 unspecified atom stereocenters. The van der Waals surface area contributed by atoms with E-state index in [1.54, 1.807) is 4.68 Å². The lowest BCUT2D eigenvalue weighted by atomic mass is 9.77. The Hall–Kier alpha value is -0.880. The summed E-state index contributed by atoms with van der Waals surface area (Å²) in [5.41, 5.74) is 1.18. The van der Waals surface area contributed by atoms with Crippen molar-refractivity contribution in [3.8, 4) is 0 Å². The van der Waals surface area contributed by atoms with Crippen molar-refractivity contribution in [2.75, 3.05) is 0 Å². The number of aliphatic carboxylic acids is 1. The molecule has 17 heavy (non-hydrogen) atoms. The van der Waals surface area contributed by atoms with Gasteiger partial charge in [-0.1, -0.05) is 0 Å². The second-order valence-corrected chi connectivity index (χ2v) is 5.36. The summed E-state index contributed by atoms with van der Waals surface area (Å²) in [4.78, 5) is 11.2. The summed E-state index contributed by atoms with van der Waals surface area (Å²) < 4.78 is 2.73. The van der Waals surface area contributed by atoms with E-state index in [0.29, 0.717) is 19.4 Å². The predicted octanol–water partition coefficient (Wildman–Crippen LogP) is 1.59. The van der Waals surface area contributed by atoms with Crippen LogP contribution in [0.5, 0.6) is 0 Å². The number of carboxylic acids is 1. The lowest BCUT2D eigenvalue weighted by Crippen LogP contribution is -2.56. The Bertz CT molecular complexity index is 452. The molecule has 0 saturated heterocycles. The molecule has 94 valence electrons. The molecule has 1 heterocycles. The zero-order valence-corrected chi connectivity index (χ0v) is 11.5. The number of carboxylic acid groups (broad SMARTS) is 1. The maximum Gasteiger partial charge on any atom is 0.323 e. The van der Waals surface area contributed by atoms with Crippen LogP contribution in [0.3, 0.4) is 0 Å². The summed E-state index contributed by atoms with van der Waals surface area (Å²) in [6, 6.07) is 0. The Labute approximate surface area is 108 Å². The highest BCUT2D eigenvalue weighted by atomic mass is 79.9. The van der Waals surface area contributed by atoms with Crippen molar-refractivity contribution in [3.63, 3.8) is 0 Å². The Morgan fingerprint density at radius 3 is 2.65 bits per heavy atom. The molecule has 0 atom stereocenters. The van der Waals surface area contributed by atoms with Gasteiger partial charge < -0.3 is 5.11 Å². The quantitative estimate of drug-likeness (QED) is 0.886. The number of nitrogens with one attached hydrogen (secondary N) is 1. The fraction of sp³-hybridized carbons (Fsp3) is 0.636. The zero-order chi connectivity index (χ0) is 12.6. The third-order valence-corrected chi connectivity index (χ3v) is 4.50. The molecule has 0 spiro atoms. The first kappa shape index (κ1) is 12.6. The maximum atomic E-state index is 11.2. The Morgan fingerprint density at radius 1 is 1.65 bits per heavy atom. The van der Waals surface area contributed by atoms with Crippen molar-refractivity contribution in [2.45, 2.75) is 38.3 Å². The van der Waals surface area contributed by atoms with Gasteiger partial charge in [0, 0.05) is 13.6 Å². The van der Waals surface area contributed by atoms with Crippen molar-refractivity contribution in [1.82, 2.24) is 15.1 Å². The van der Waals surface area contributed by atoms with Crippen LogP contribution in [0.25, 0.3) is 0 Å². The largest absolute Gasteiger partial charge is 0.480 e. The van der Waals surface area contributed by atoms with Gasteiger partial charge in [-0.25, -0.2) is 0 Å². The standard InChI is InChI=1S/C11H16BrN3O2/c1-7-9(12)8(15(2)14-7)6-13-11(10(16)17)4-3-5-11/h13H,3-6H2,1-2H3,(H,16,17). The molecule has 0 aromatic carbocycles. The first-order chi connectivity index (χ1) is 7.96. The maximum absolute atomic E-state index is 11.2. The highest BCUT2D eigenvalue weighted by Crippen LogP contribution is 2.33. The number of hydrogen-bond acceptors (Lipinski definition) is 3. The Morgan fingerprint density at radius 2 is 2.29 bits per heavy atom. The topological polar surface area (TPSA) is 67.2 Å². The molecule has 0 aliphatic heterocycles. The summed E-state index contributed by atoms with van der Waals surface area (Å²) in [7, 11) is 1.86.